The van der Waals surface area contributed by atoms with Crippen LogP contribution in [0.2, 0.25) is 0 Å². The molecule has 0 radical (unpaired) electrons. The SMILES string of the molecule is C=C.CC(F)(F)NO.CCCCC(CC)COC=O.CO. The number of aliphatic hydroxyl groups excluding tert-OH is 1. The number of ether oxygens (including phenoxy) is 1. The van der Waals surface area contributed by atoms with Crippen LogP contribution in [0.15, 0.2) is 13.2 Å². The number of carbonyl (C=O) groups excluding carboxylic acids is 1. The smallest absolute Gasteiger partial charge is 0.320 e. The molecule has 0 spiro atoms. The predicted octanol–water partition coefficient (Wildman–Crippen LogP) is 3.36. The van der Waals surface area contributed by atoms with E-state index in [1.165, 1.54) is 19.3 Å². The highest BCUT2D eigenvalue weighted by molar-refractivity contribution is 5.36. The maximum atomic E-state index is 11.1. The molecule has 0 heterocycles. The molecule has 0 aromatic carbocycles. The fraction of sp³-hybridized carbons (Fsp3) is 0.786. The molecule has 5 nitrogen and oxygen atoms in total. The molecule has 0 aliphatic carbocycles. The minimum atomic E-state index is -3.15. The minimum Gasteiger partial charge on any atom is -0.468 e. The summed E-state index contributed by atoms with van der Waals surface area (Å²) >= 11 is 0. The first-order valence-electron chi connectivity index (χ1n) is 6.70. The summed E-state index contributed by atoms with van der Waals surface area (Å²) in [5, 5.41) is 14.4. The summed E-state index contributed by atoms with van der Waals surface area (Å²) in [5.74, 6) is 0.570. The number of rotatable bonds is 8. The Kier molecular flexibility index (Phi) is 32.2. The number of aliphatic hydroxyl groups is 1. The van der Waals surface area contributed by atoms with Crippen LogP contribution in [-0.2, 0) is 9.53 Å². The first-order valence-corrected chi connectivity index (χ1v) is 6.70. The summed E-state index contributed by atoms with van der Waals surface area (Å²) in [4.78, 5) is 9.88. The van der Waals surface area contributed by atoms with Crippen molar-refractivity contribution < 1.29 is 28.6 Å². The first-order chi connectivity index (χ1) is 9.91. The Morgan fingerprint density at radius 3 is 2.00 bits per heavy atom. The standard InChI is InChI=1S/C9H18O2.C2H5F2NO.C2H4.CH4O/c1-3-5-6-9(4-2)7-11-8-10;1-2(3,4)5-6;2*1-2/h8-9H,3-7H2,1-2H3;5-6H,1H3;1-2H2;2H,1H3. The van der Waals surface area contributed by atoms with Crippen LogP contribution in [0.25, 0.3) is 0 Å². The molecule has 3 N–H and O–H groups in total. The molecule has 0 saturated heterocycles. The highest BCUT2D eigenvalue weighted by Gasteiger charge is 2.17. The van der Waals surface area contributed by atoms with Crippen LogP contribution in [0.5, 0.6) is 0 Å². The van der Waals surface area contributed by atoms with Crippen molar-refractivity contribution in [2.45, 2.75) is 52.5 Å². The molecule has 0 fully saturated rings. The van der Waals surface area contributed by atoms with E-state index in [-0.39, 0.29) is 0 Å². The van der Waals surface area contributed by atoms with Gasteiger partial charge in [0.05, 0.1) is 6.61 Å². The molecular formula is C14H31F2NO4. The lowest BCUT2D eigenvalue weighted by molar-refractivity contribution is -0.130. The summed E-state index contributed by atoms with van der Waals surface area (Å²) in [6.07, 6.45) is 4.74. The molecule has 0 aromatic heterocycles. The van der Waals surface area contributed by atoms with Gasteiger partial charge in [0.15, 0.2) is 0 Å². The Balaban J connectivity index is -0.000000122. The van der Waals surface area contributed by atoms with Gasteiger partial charge >= 0.3 is 6.05 Å². The van der Waals surface area contributed by atoms with Gasteiger partial charge in [-0.25, -0.2) is 0 Å². The molecule has 130 valence electrons. The minimum absolute atomic E-state index is 0.536. The number of carbonyl (C=O) groups is 1. The Bertz CT molecular complexity index is 190. The second-order valence-corrected chi connectivity index (χ2v) is 3.85. The van der Waals surface area contributed by atoms with Crippen molar-refractivity contribution in [3.05, 3.63) is 13.2 Å². The van der Waals surface area contributed by atoms with Gasteiger partial charge in [-0.15, -0.1) is 18.6 Å². The van der Waals surface area contributed by atoms with Crippen molar-refractivity contribution in [1.82, 2.24) is 5.48 Å². The molecule has 0 aliphatic rings. The summed E-state index contributed by atoms with van der Waals surface area (Å²) in [6.45, 7) is 12.0. The van der Waals surface area contributed by atoms with Gasteiger partial charge in [-0.2, -0.15) is 8.78 Å². The lowest BCUT2D eigenvalue weighted by Crippen LogP contribution is -2.28. The van der Waals surface area contributed by atoms with E-state index in [4.69, 9.17) is 15.1 Å². The Hall–Kier alpha value is -1.05. The maximum Gasteiger partial charge on any atom is 0.320 e. The Morgan fingerprint density at radius 2 is 1.76 bits per heavy atom. The second kappa shape index (κ2) is 24.0. The Labute approximate surface area is 127 Å². The van der Waals surface area contributed by atoms with Crippen LogP contribution >= 0.6 is 0 Å². The zero-order chi connectivity index (χ0) is 17.7. The first kappa shape index (κ1) is 28.2. The molecule has 21 heavy (non-hydrogen) atoms. The number of alkyl halides is 2. The fourth-order valence-electron chi connectivity index (χ4n) is 1.07. The monoisotopic (exact) mass is 315 g/mol. The van der Waals surface area contributed by atoms with Gasteiger partial charge in [0.2, 0.25) is 0 Å². The molecule has 0 aliphatic heterocycles. The lowest BCUT2D eigenvalue weighted by Gasteiger charge is -2.11. The molecule has 7 heteroatoms. The topological polar surface area (TPSA) is 78.8 Å². The van der Waals surface area contributed by atoms with Gasteiger partial charge in [-0.3, -0.25) is 4.79 Å². The molecule has 0 bridgehead atoms. The van der Waals surface area contributed by atoms with Gasteiger partial charge in [-0.05, 0) is 12.3 Å². The van der Waals surface area contributed by atoms with E-state index >= 15 is 0 Å². The number of hydrogen-bond acceptors (Lipinski definition) is 5. The third-order valence-electron chi connectivity index (χ3n) is 2.14. The number of hydroxylamine groups is 1. The average Bonchev–Trinajstić information content (AvgIpc) is 2.51. The van der Waals surface area contributed by atoms with Gasteiger partial charge in [-0.1, -0.05) is 33.1 Å². The lowest BCUT2D eigenvalue weighted by atomic mass is 10.0. The zero-order valence-corrected chi connectivity index (χ0v) is 13.6. The predicted molar refractivity (Wildman–Crippen MR) is 80.3 cm³/mol. The van der Waals surface area contributed by atoms with E-state index in [2.05, 4.69) is 27.0 Å². The number of unbranched alkanes of at least 4 members (excludes halogenated alkanes) is 1. The van der Waals surface area contributed by atoms with Gasteiger partial charge in [0, 0.05) is 14.0 Å². The van der Waals surface area contributed by atoms with Crippen LogP contribution in [0, 0.1) is 5.92 Å². The van der Waals surface area contributed by atoms with Crippen molar-refractivity contribution in [3.8, 4) is 0 Å². The second-order valence-electron chi connectivity index (χ2n) is 3.85. The van der Waals surface area contributed by atoms with Gasteiger partial charge in [0.25, 0.3) is 6.47 Å². The van der Waals surface area contributed by atoms with Crippen molar-refractivity contribution in [2.75, 3.05) is 13.7 Å². The molecule has 1 atom stereocenters. The van der Waals surface area contributed by atoms with Crippen LogP contribution in [0.4, 0.5) is 8.78 Å². The number of halogens is 2. The van der Waals surface area contributed by atoms with E-state index in [1.807, 2.05) is 0 Å². The molecule has 0 saturated carbocycles. The molecular weight excluding hydrogens is 284 g/mol. The van der Waals surface area contributed by atoms with Crippen molar-refractivity contribution in [2.24, 2.45) is 5.92 Å². The van der Waals surface area contributed by atoms with Crippen LogP contribution in [0.1, 0.15) is 46.5 Å². The van der Waals surface area contributed by atoms with Crippen LogP contribution < -0.4 is 5.48 Å². The van der Waals surface area contributed by atoms with Crippen molar-refractivity contribution in [1.29, 1.82) is 0 Å². The van der Waals surface area contributed by atoms with E-state index in [0.717, 1.165) is 19.0 Å². The fourth-order valence-corrected chi connectivity index (χ4v) is 1.07. The van der Waals surface area contributed by atoms with Crippen LogP contribution in [0.3, 0.4) is 0 Å². The van der Waals surface area contributed by atoms with E-state index < -0.39 is 6.05 Å². The van der Waals surface area contributed by atoms with Crippen LogP contribution in [-0.4, -0.2) is 36.5 Å². The van der Waals surface area contributed by atoms with E-state index in [1.54, 1.807) is 0 Å². The highest BCUT2D eigenvalue weighted by Crippen LogP contribution is 2.12. The summed E-state index contributed by atoms with van der Waals surface area (Å²) in [5.41, 5.74) is 0.771. The molecule has 0 aromatic rings. The normalized spacial score (nSPS) is 10.5. The summed E-state index contributed by atoms with van der Waals surface area (Å²) in [6, 6.07) is -3.15. The quantitative estimate of drug-likeness (QED) is 0.277. The zero-order valence-electron chi connectivity index (χ0n) is 13.6. The third-order valence-corrected chi connectivity index (χ3v) is 2.14. The molecule has 0 rings (SSSR count). The summed E-state index contributed by atoms with van der Waals surface area (Å²) < 4.78 is 26.9. The molecule has 0 amide bonds. The van der Waals surface area contributed by atoms with E-state index in [9.17, 15) is 13.6 Å². The molecule has 1 unspecified atom stereocenters. The number of nitrogens with one attached hydrogen (secondary N) is 1. The van der Waals surface area contributed by atoms with Crippen molar-refractivity contribution in [3.63, 3.8) is 0 Å². The van der Waals surface area contributed by atoms with Gasteiger partial charge < -0.3 is 15.1 Å². The number of hydrogen-bond donors (Lipinski definition) is 3. The van der Waals surface area contributed by atoms with Gasteiger partial charge in [0.1, 0.15) is 0 Å². The summed E-state index contributed by atoms with van der Waals surface area (Å²) in [7, 11) is 1.00. The van der Waals surface area contributed by atoms with Crippen molar-refractivity contribution >= 4 is 6.47 Å². The Morgan fingerprint density at radius 1 is 1.33 bits per heavy atom. The largest absolute Gasteiger partial charge is 0.468 e. The highest BCUT2D eigenvalue weighted by atomic mass is 19.3. The average molecular weight is 315 g/mol. The van der Waals surface area contributed by atoms with E-state index in [0.29, 0.717) is 25.9 Å². The third kappa shape index (κ3) is 38.1. The maximum absolute atomic E-state index is 11.1.